The third kappa shape index (κ3) is 5.30. The molecule has 2 fully saturated rings. The van der Waals surface area contributed by atoms with Gasteiger partial charge in [0.05, 0.1) is 6.17 Å². The average Bonchev–Trinajstić information content (AvgIpc) is 3.46. The van der Waals surface area contributed by atoms with Gasteiger partial charge in [0.1, 0.15) is 5.78 Å². The zero-order valence-corrected chi connectivity index (χ0v) is 16.5. The molecule has 1 aliphatic carbocycles. The SMILES string of the molecule is CCC1C[C@@H]1C(=O)CCN1CCN(C(=O)c2ccc(NC(C)N)cc2)CC1. The number of anilines is 1. The van der Waals surface area contributed by atoms with Crippen LogP contribution in [0.2, 0.25) is 0 Å². The normalized spacial score (nSPS) is 23.7. The Kier molecular flexibility index (Phi) is 6.50. The lowest BCUT2D eigenvalue weighted by molar-refractivity contribution is -0.121. The lowest BCUT2D eigenvalue weighted by Gasteiger charge is -2.34. The summed E-state index contributed by atoms with van der Waals surface area (Å²) in [4.78, 5) is 29.1. The number of Topliss-reactive ketones (excluding diaryl/α,β-unsaturated/α-hetero) is 1. The Morgan fingerprint density at radius 3 is 2.41 bits per heavy atom. The van der Waals surface area contributed by atoms with E-state index in [1.54, 1.807) is 0 Å². The highest BCUT2D eigenvalue weighted by molar-refractivity contribution is 5.94. The van der Waals surface area contributed by atoms with Crippen LogP contribution in [0.3, 0.4) is 0 Å². The quantitative estimate of drug-likeness (QED) is 0.684. The smallest absolute Gasteiger partial charge is 0.253 e. The number of hydrogen-bond acceptors (Lipinski definition) is 5. The molecule has 1 aromatic rings. The summed E-state index contributed by atoms with van der Waals surface area (Å²) in [6.45, 7) is 7.97. The molecule has 1 saturated heterocycles. The molecule has 6 heteroatoms. The molecule has 1 saturated carbocycles. The molecule has 3 N–H and O–H groups in total. The van der Waals surface area contributed by atoms with Gasteiger partial charge in [0.15, 0.2) is 0 Å². The van der Waals surface area contributed by atoms with E-state index in [9.17, 15) is 9.59 Å². The minimum Gasteiger partial charge on any atom is -0.370 e. The van der Waals surface area contributed by atoms with Crippen molar-refractivity contribution >= 4 is 17.4 Å². The van der Waals surface area contributed by atoms with Crippen molar-refractivity contribution in [3.8, 4) is 0 Å². The van der Waals surface area contributed by atoms with Crippen LogP contribution in [0.5, 0.6) is 0 Å². The second kappa shape index (κ2) is 8.85. The lowest BCUT2D eigenvalue weighted by atomic mass is 10.1. The molecular formula is C21H32N4O2. The van der Waals surface area contributed by atoms with Crippen molar-refractivity contribution in [1.82, 2.24) is 9.80 Å². The van der Waals surface area contributed by atoms with Crippen molar-refractivity contribution in [2.24, 2.45) is 17.6 Å². The van der Waals surface area contributed by atoms with Crippen LogP contribution in [0.25, 0.3) is 0 Å². The van der Waals surface area contributed by atoms with E-state index in [-0.39, 0.29) is 12.1 Å². The van der Waals surface area contributed by atoms with Gasteiger partial charge in [-0.15, -0.1) is 0 Å². The third-order valence-electron chi connectivity index (χ3n) is 5.72. The Morgan fingerprint density at radius 2 is 1.85 bits per heavy atom. The Labute approximate surface area is 162 Å². The van der Waals surface area contributed by atoms with Crippen molar-refractivity contribution in [1.29, 1.82) is 0 Å². The number of nitrogens with zero attached hydrogens (tertiary/aromatic N) is 2. The van der Waals surface area contributed by atoms with Gasteiger partial charge in [-0.05, 0) is 43.5 Å². The van der Waals surface area contributed by atoms with Gasteiger partial charge in [0.2, 0.25) is 0 Å². The van der Waals surface area contributed by atoms with Gasteiger partial charge in [-0.1, -0.05) is 13.3 Å². The second-order valence-electron chi connectivity index (χ2n) is 7.87. The molecular weight excluding hydrogens is 340 g/mol. The first-order chi connectivity index (χ1) is 13.0. The first-order valence-electron chi connectivity index (χ1n) is 10.1. The number of carbonyl (C=O) groups excluding carboxylic acids is 2. The van der Waals surface area contributed by atoms with Gasteiger partial charge < -0.3 is 16.0 Å². The Hall–Kier alpha value is -1.92. The number of piperazine rings is 1. The van der Waals surface area contributed by atoms with Crippen LogP contribution in [-0.2, 0) is 4.79 Å². The first-order valence-corrected chi connectivity index (χ1v) is 10.1. The van der Waals surface area contributed by atoms with Crippen LogP contribution >= 0.6 is 0 Å². The van der Waals surface area contributed by atoms with Crippen LogP contribution in [0.1, 0.15) is 43.5 Å². The molecule has 2 aliphatic rings. The molecule has 6 nitrogen and oxygen atoms in total. The van der Waals surface area contributed by atoms with E-state index in [0.29, 0.717) is 42.7 Å². The molecule has 1 amide bonds. The summed E-state index contributed by atoms with van der Waals surface area (Å²) in [5, 5.41) is 3.12. The van der Waals surface area contributed by atoms with Gasteiger partial charge in [0.25, 0.3) is 5.91 Å². The minimum absolute atomic E-state index is 0.0711. The Balaban J connectivity index is 1.42. The van der Waals surface area contributed by atoms with E-state index in [1.165, 1.54) is 0 Å². The van der Waals surface area contributed by atoms with Crippen LogP contribution in [0.4, 0.5) is 5.69 Å². The zero-order chi connectivity index (χ0) is 19.4. The second-order valence-corrected chi connectivity index (χ2v) is 7.87. The molecule has 148 valence electrons. The van der Waals surface area contributed by atoms with Gasteiger partial charge in [0, 0.05) is 56.3 Å². The highest BCUT2D eigenvalue weighted by Crippen LogP contribution is 2.42. The molecule has 0 radical (unpaired) electrons. The number of ketones is 1. The number of amides is 1. The molecule has 0 bridgehead atoms. The van der Waals surface area contributed by atoms with E-state index in [2.05, 4.69) is 17.1 Å². The van der Waals surface area contributed by atoms with E-state index in [1.807, 2.05) is 36.1 Å². The highest BCUT2D eigenvalue weighted by atomic mass is 16.2. The summed E-state index contributed by atoms with van der Waals surface area (Å²) < 4.78 is 0. The fourth-order valence-corrected chi connectivity index (χ4v) is 3.88. The van der Waals surface area contributed by atoms with E-state index in [0.717, 1.165) is 38.2 Å². The molecule has 3 atom stereocenters. The number of hydrogen-bond donors (Lipinski definition) is 2. The van der Waals surface area contributed by atoms with Crippen LogP contribution in [-0.4, -0.2) is 60.4 Å². The number of benzene rings is 1. The molecule has 27 heavy (non-hydrogen) atoms. The standard InChI is InChI=1S/C21H32N4O2/c1-3-16-14-19(16)20(26)8-9-24-10-12-25(13-11-24)21(27)17-4-6-18(7-5-17)23-15(2)22/h4-7,15-16,19,23H,3,8-14,22H2,1-2H3/t15?,16?,19-/m0/s1. The molecule has 0 aromatic heterocycles. The monoisotopic (exact) mass is 372 g/mol. The predicted molar refractivity (Wildman–Crippen MR) is 108 cm³/mol. The number of nitrogens with one attached hydrogen (secondary N) is 1. The molecule has 1 heterocycles. The van der Waals surface area contributed by atoms with Crippen LogP contribution < -0.4 is 11.1 Å². The van der Waals surface area contributed by atoms with Crippen LogP contribution in [0, 0.1) is 11.8 Å². The maximum atomic E-state index is 12.7. The maximum Gasteiger partial charge on any atom is 0.253 e. The van der Waals surface area contributed by atoms with Gasteiger partial charge >= 0.3 is 0 Å². The molecule has 3 rings (SSSR count). The summed E-state index contributed by atoms with van der Waals surface area (Å²) in [6, 6.07) is 7.47. The van der Waals surface area contributed by atoms with Gasteiger partial charge in [-0.2, -0.15) is 0 Å². The van der Waals surface area contributed by atoms with Crippen molar-refractivity contribution in [3.63, 3.8) is 0 Å². The van der Waals surface area contributed by atoms with Crippen LogP contribution in [0.15, 0.2) is 24.3 Å². The summed E-state index contributed by atoms with van der Waals surface area (Å²) in [7, 11) is 0. The fourth-order valence-electron chi connectivity index (χ4n) is 3.88. The molecule has 2 unspecified atom stereocenters. The first kappa shape index (κ1) is 19.8. The zero-order valence-electron chi connectivity index (χ0n) is 16.5. The molecule has 1 aromatic carbocycles. The predicted octanol–water partition coefficient (Wildman–Crippen LogP) is 2.17. The van der Waals surface area contributed by atoms with Crippen molar-refractivity contribution in [3.05, 3.63) is 29.8 Å². The highest BCUT2D eigenvalue weighted by Gasteiger charge is 2.40. The largest absolute Gasteiger partial charge is 0.370 e. The number of carbonyl (C=O) groups is 2. The van der Waals surface area contributed by atoms with E-state index < -0.39 is 0 Å². The van der Waals surface area contributed by atoms with Crippen molar-refractivity contribution in [2.45, 2.75) is 39.3 Å². The number of nitrogens with two attached hydrogens (primary N) is 1. The number of rotatable bonds is 8. The third-order valence-corrected chi connectivity index (χ3v) is 5.72. The summed E-state index contributed by atoms with van der Waals surface area (Å²) in [5.41, 5.74) is 7.33. The fraction of sp³-hybridized carbons (Fsp3) is 0.619. The van der Waals surface area contributed by atoms with Gasteiger partial charge in [-0.3, -0.25) is 14.5 Å². The van der Waals surface area contributed by atoms with Gasteiger partial charge in [-0.25, -0.2) is 0 Å². The Bertz CT molecular complexity index is 651. The van der Waals surface area contributed by atoms with E-state index in [4.69, 9.17) is 5.73 Å². The van der Waals surface area contributed by atoms with Crippen molar-refractivity contribution in [2.75, 3.05) is 38.0 Å². The summed E-state index contributed by atoms with van der Waals surface area (Å²) in [5.74, 6) is 1.47. The average molecular weight is 373 g/mol. The minimum atomic E-state index is -0.126. The molecule has 0 spiro atoms. The summed E-state index contributed by atoms with van der Waals surface area (Å²) in [6.07, 6.45) is 2.75. The lowest BCUT2D eigenvalue weighted by Crippen LogP contribution is -2.49. The Morgan fingerprint density at radius 1 is 1.19 bits per heavy atom. The molecule has 1 aliphatic heterocycles. The maximum absolute atomic E-state index is 12.7. The van der Waals surface area contributed by atoms with E-state index >= 15 is 0 Å². The summed E-state index contributed by atoms with van der Waals surface area (Å²) >= 11 is 0. The van der Waals surface area contributed by atoms with Crippen molar-refractivity contribution < 1.29 is 9.59 Å². The topological polar surface area (TPSA) is 78.7 Å².